The van der Waals surface area contributed by atoms with E-state index in [0.717, 1.165) is 62.4 Å². The molecule has 0 spiro atoms. The minimum Gasteiger partial charge on any atom is -0.363 e. The highest BCUT2D eigenvalue weighted by atomic mass is 32.1. The van der Waals surface area contributed by atoms with Gasteiger partial charge in [-0.3, -0.25) is 0 Å². The topological polar surface area (TPSA) is 90.3 Å². The molecule has 0 amide bonds. The molecule has 0 atom stereocenters. The van der Waals surface area contributed by atoms with Crippen molar-refractivity contribution in [2.45, 2.75) is 26.7 Å². The second kappa shape index (κ2) is 13.5. The molecule has 0 saturated carbocycles. The van der Waals surface area contributed by atoms with Crippen molar-refractivity contribution < 1.29 is 0 Å². The number of thiophene rings is 1. The minimum absolute atomic E-state index is 0.608. The second-order valence-electron chi connectivity index (χ2n) is 10.1. The number of hydrogen-bond acceptors (Lipinski definition) is 10. The predicted octanol–water partition coefficient (Wildman–Crippen LogP) is 11.8. The molecule has 10 heteroatoms. The Labute approximate surface area is 258 Å². The van der Waals surface area contributed by atoms with Gasteiger partial charge in [0.1, 0.15) is 5.00 Å². The van der Waals surface area contributed by atoms with Crippen molar-refractivity contribution in [3.8, 4) is 0 Å². The van der Waals surface area contributed by atoms with Crippen LogP contribution in [-0.4, -0.2) is 18.1 Å². The number of aryl methyl sites for hydroxylation is 2. The predicted molar refractivity (Wildman–Crippen MR) is 178 cm³/mol. The van der Waals surface area contributed by atoms with Crippen LogP contribution in [0, 0.1) is 13.8 Å². The first-order chi connectivity index (χ1) is 21.1. The molecule has 0 N–H and O–H groups in total. The first kappa shape index (κ1) is 28.4. The molecular weight excluding hydrogens is 573 g/mol. The van der Waals surface area contributed by atoms with Gasteiger partial charge in [-0.25, -0.2) is 4.98 Å². The van der Waals surface area contributed by atoms with Gasteiger partial charge in [-0.15, -0.1) is 20.5 Å². The fourth-order valence-electron chi connectivity index (χ4n) is 4.57. The molecule has 1 fully saturated rings. The maximum absolute atomic E-state index is 4.47. The van der Waals surface area contributed by atoms with Crippen LogP contribution in [-0.2, 0) is 0 Å². The molecule has 2 aromatic heterocycles. The molecule has 0 radical (unpaired) electrons. The molecule has 5 aromatic rings. The van der Waals surface area contributed by atoms with Gasteiger partial charge < -0.3 is 4.90 Å². The number of aromatic nitrogens is 1. The van der Waals surface area contributed by atoms with Crippen molar-refractivity contribution in [3.05, 3.63) is 107 Å². The Hall–Kier alpha value is -4.67. The molecule has 0 aliphatic carbocycles. The molecule has 6 rings (SSSR count). The van der Waals surface area contributed by atoms with E-state index in [-0.39, 0.29) is 0 Å². The van der Waals surface area contributed by atoms with Gasteiger partial charge in [0, 0.05) is 24.2 Å². The van der Waals surface area contributed by atoms with Gasteiger partial charge in [0.15, 0.2) is 0 Å². The lowest BCUT2D eigenvalue weighted by Gasteiger charge is -2.13. The average molecular weight is 603 g/mol. The summed E-state index contributed by atoms with van der Waals surface area (Å²) in [4.78, 5) is 7.80. The largest absolute Gasteiger partial charge is 0.363 e. The van der Waals surface area contributed by atoms with Crippen LogP contribution in [0.1, 0.15) is 34.4 Å². The quantitative estimate of drug-likeness (QED) is 0.157. The first-order valence-electron chi connectivity index (χ1n) is 14.1. The van der Waals surface area contributed by atoms with E-state index in [1.807, 2.05) is 80.6 Å². The lowest BCUT2D eigenvalue weighted by Crippen LogP contribution is -2.15. The van der Waals surface area contributed by atoms with Crippen molar-refractivity contribution >= 4 is 72.7 Å². The Bertz CT molecular complexity index is 1810. The summed E-state index contributed by atoms with van der Waals surface area (Å²) >= 11 is 3.17. The molecule has 3 heterocycles. The number of thiazole rings is 1. The zero-order chi connectivity index (χ0) is 29.4. The van der Waals surface area contributed by atoms with Crippen molar-refractivity contribution in [1.82, 2.24) is 4.98 Å². The van der Waals surface area contributed by atoms with Gasteiger partial charge in [-0.1, -0.05) is 59.1 Å². The third-order valence-corrected chi connectivity index (χ3v) is 8.76. The molecule has 3 aromatic carbocycles. The van der Waals surface area contributed by atoms with E-state index in [1.54, 1.807) is 17.5 Å². The van der Waals surface area contributed by atoms with Gasteiger partial charge in [-0.05, 0) is 98.0 Å². The third kappa shape index (κ3) is 7.59. The smallest absolute Gasteiger partial charge is 0.230 e. The summed E-state index contributed by atoms with van der Waals surface area (Å²) < 4.78 is 0. The van der Waals surface area contributed by atoms with Gasteiger partial charge in [0.25, 0.3) is 0 Å². The molecule has 1 aliphatic heterocycles. The lowest BCUT2D eigenvalue weighted by atomic mass is 10.2. The van der Waals surface area contributed by atoms with E-state index in [1.165, 1.54) is 29.2 Å². The molecule has 0 bridgehead atoms. The highest BCUT2D eigenvalue weighted by Crippen LogP contribution is 2.35. The van der Waals surface area contributed by atoms with E-state index < -0.39 is 0 Å². The number of benzene rings is 3. The van der Waals surface area contributed by atoms with E-state index in [9.17, 15) is 0 Å². The molecule has 43 heavy (non-hydrogen) atoms. The Morgan fingerprint density at radius 2 is 1.35 bits per heavy atom. The summed E-state index contributed by atoms with van der Waals surface area (Å²) in [5.41, 5.74) is 6.16. The Morgan fingerprint density at radius 3 is 2.05 bits per heavy atom. The summed E-state index contributed by atoms with van der Waals surface area (Å²) in [6.07, 6.45) is 8.42. The standard InChI is InChI=1S/C33H30N8S2/c1-23-21-27(36-39-31-16-17-32(43-31)41-18-6-7-19-41)12-14-29(23)37-35-26-11-15-30(24(2)20-26)38-40-33-34-22-28(42-33)13-10-25-8-4-3-5-9-25/h3-5,8-17,20-22H,6-7,18-19H2,1-2H3/b13-10+,37-35+,39-36+,40-38+. The number of anilines is 1. The zero-order valence-electron chi connectivity index (χ0n) is 24.0. The highest BCUT2D eigenvalue weighted by molar-refractivity contribution is 7.19. The van der Waals surface area contributed by atoms with Crippen LogP contribution in [0.3, 0.4) is 0 Å². The third-order valence-electron chi connectivity index (χ3n) is 6.89. The summed E-state index contributed by atoms with van der Waals surface area (Å²) in [7, 11) is 0. The Morgan fingerprint density at radius 1 is 0.674 bits per heavy atom. The Kier molecular flexibility index (Phi) is 8.96. The fourth-order valence-corrected chi connectivity index (χ4v) is 6.08. The normalized spacial score (nSPS) is 14.0. The number of azo groups is 3. The van der Waals surface area contributed by atoms with Crippen molar-refractivity contribution in [2.24, 2.45) is 30.7 Å². The monoisotopic (exact) mass is 602 g/mol. The van der Waals surface area contributed by atoms with Gasteiger partial charge in [0.05, 0.1) is 27.8 Å². The van der Waals surface area contributed by atoms with Crippen molar-refractivity contribution in [1.29, 1.82) is 0 Å². The fraction of sp³-hybridized carbons (Fsp3) is 0.182. The number of rotatable bonds is 9. The van der Waals surface area contributed by atoms with Crippen LogP contribution in [0.15, 0.2) is 116 Å². The maximum atomic E-state index is 4.47. The average Bonchev–Trinajstić information content (AvgIpc) is 3.81. The van der Waals surface area contributed by atoms with Crippen LogP contribution in [0.2, 0.25) is 0 Å². The molecule has 214 valence electrons. The van der Waals surface area contributed by atoms with Crippen molar-refractivity contribution in [2.75, 3.05) is 18.0 Å². The summed E-state index contributed by atoms with van der Waals surface area (Å²) in [6.45, 7) is 6.24. The highest BCUT2D eigenvalue weighted by Gasteiger charge is 2.14. The van der Waals surface area contributed by atoms with Gasteiger partial charge >= 0.3 is 0 Å². The lowest BCUT2D eigenvalue weighted by molar-refractivity contribution is 0.949. The summed E-state index contributed by atoms with van der Waals surface area (Å²) in [5.74, 6) is 0. The van der Waals surface area contributed by atoms with Crippen LogP contribution < -0.4 is 4.90 Å². The van der Waals surface area contributed by atoms with Crippen LogP contribution >= 0.6 is 22.7 Å². The number of hydrogen-bond donors (Lipinski definition) is 0. The van der Waals surface area contributed by atoms with Crippen LogP contribution in [0.4, 0.5) is 37.9 Å². The van der Waals surface area contributed by atoms with Gasteiger partial charge in [0.2, 0.25) is 5.13 Å². The maximum Gasteiger partial charge on any atom is 0.230 e. The Balaban J connectivity index is 1.06. The number of nitrogens with zero attached hydrogens (tertiary/aromatic N) is 8. The van der Waals surface area contributed by atoms with Crippen LogP contribution in [0.5, 0.6) is 0 Å². The molecule has 1 aliphatic rings. The van der Waals surface area contributed by atoms with E-state index in [0.29, 0.717) is 5.13 Å². The van der Waals surface area contributed by atoms with E-state index in [2.05, 4.69) is 64.8 Å². The molecule has 0 unspecified atom stereocenters. The SMILES string of the molecule is Cc1cc(/N=N/c2ccc(N3CCCC3)s2)ccc1/N=N/c1ccc(/N=N/c2ncc(/C=C/c3ccccc3)s2)c(C)c1. The first-order valence-corrected chi connectivity index (χ1v) is 15.7. The minimum atomic E-state index is 0.608. The van der Waals surface area contributed by atoms with Crippen LogP contribution in [0.25, 0.3) is 12.2 Å². The second-order valence-corrected chi connectivity index (χ2v) is 12.2. The van der Waals surface area contributed by atoms with E-state index in [4.69, 9.17) is 0 Å². The van der Waals surface area contributed by atoms with E-state index >= 15 is 0 Å². The molecule has 1 saturated heterocycles. The molecule has 8 nitrogen and oxygen atoms in total. The van der Waals surface area contributed by atoms with Crippen molar-refractivity contribution in [3.63, 3.8) is 0 Å². The van der Waals surface area contributed by atoms with Gasteiger partial charge in [-0.2, -0.15) is 10.2 Å². The molecular formula is C33H30N8S2. The zero-order valence-corrected chi connectivity index (χ0v) is 25.6. The summed E-state index contributed by atoms with van der Waals surface area (Å²) in [5, 5.41) is 29.3. The summed E-state index contributed by atoms with van der Waals surface area (Å²) in [6, 6.07) is 25.9.